The molecule has 1 aliphatic heterocycles. The Morgan fingerprint density at radius 1 is 1.14 bits per heavy atom. The molecule has 146 valence electrons. The Hall–Kier alpha value is -2.24. The van der Waals surface area contributed by atoms with Crippen LogP contribution in [0, 0.1) is 0 Å². The summed E-state index contributed by atoms with van der Waals surface area (Å²) in [6.07, 6.45) is 4.56. The van der Waals surface area contributed by atoms with Crippen LogP contribution in [0.25, 0.3) is 10.9 Å². The Bertz CT molecular complexity index is 929. The first-order valence-corrected chi connectivity index (χ1v) is 11.1. The van der Waals surface area contributed by atoms with Gasteiger partial charge in [0, 0.05) is 40.7 Å². The van der Waals surface area contributed by atoms with E-state index in [-0.39, 0.29) is 5.91 Å². The van der Waals surface area contributed by atoms with Crippen molar-refractivity contribution < 1.29 is 4.79 Å². The number of aromatic nitrogens is 1. The molecule has 1 amide bonds. The van der Waals surface area contributed by atoms with E-state index in [1.54, 1.807) is 6.07 Å². The molecule has 3 aromatic rings. The first-order chi connectivity index (χ1) is 13.7. The lowest BCUT2D eigenvalue weighted by Crippen LogP contribution is -2.34. The summed E-state index contributed by atoms with van der Waals surface area (Å²) in [5, 5.41) is 1.10. The number of fused-ring (bicyclic) bond motifs is 1. The van der Waals surface area contributed by atoms with Crippen LogP contribution in [0.5, 0.6) is 0 Å². The highest BCUT2D eigenvalue weighted by Gasteiger charge is 2.20. The van der Waals surface area contributed by atoms with Gasteiger partial charge in [-0.2, -0.15) is 11.8 Å². The van der Waals surface area contributed by atoms with Crippen molar-refractivity contribution in [2.75, 3.05) is 25.4 Å². The zero-order valence-corrected chi connectivity index (χ0v) is 16.9. The number of hydrogen-bond donors (Lipinski definition) is 2. The van der Waals surface area contributed by atoms with Gasteiger partial charge in [-0.1, -0.05) is 30.3 Å². The standard InChI is InChI=1S/C23H27N3OS/c24-23(27)19-6-7-22-21(14-19)20(15-25-22)16-28-13-12-26-10-8-18(9-11-26)17-4-2-1-3-5-17/h1-7,14-15,18,25H,8-13,16H2,(H2,24,27). The van der Waals surface area contributed by atoms with E-state index >= 15 is 0 Å². The number of rotatable bonds is 7. The zero-order valence-electron chi connectivity index (χ0n) is 16.1. The molecule has 0 unspecified atom stereocenters. The number of likely N-dealkylation sites (tertiary alicyclic amines) is 1. The zero-order chi connectivity index (χ0) is 19.3. The van der Waals surface area contributed by atoms with E-state index in [1.807, 2.05) is 30.1 Å². The van der Waals surface area contributed by atoms with Gasteiger partial charge in [-0.25, -0.2) is 0 Å². The molecule has 0 radical (unpaired) electrons. The predicted octanol–water partition coefficient (Wildman–Crippen LogP) is 4.38. The predicted molar refractivity (Wildman–Crippen MR) is 118 cm³/mol. The van der Waals surface area contributed by atoms with E-state index in [4.69, 9.17) is 5.73 Å². The highest BCUT2D eigenvalue weighted by molar-refractivity contribution is 7.98. The van der Waals surface area contributed by atoms with Crippen LogP contribution in [0.2, 0.25) is 0 Å². The normalized spacial score (nSPS) is 15.9. The third-order valence-electron chi connectivity index (χ3n) is 5.72. The topological polar surface area (TPSA) is 62.1 Å². The molecular weight excluding hydrogens is 366 g/mol. The SMILES string of the molecule is NC(=O)c1ccc2[nH]cc(CSCCN3CCC(c4ccccc4)CC3)c2c1. The summed E-state index contributed by atoms with van der Waals surface area (Å²) in [7, 11) is 0. The Morgan fingerprint density at radius 3 is 2.68 bits per heavy atom. The summed E-state index contributed by atoms with van der Waals surface area (Å²) in [6.45, 7) is 3.52. The average molecular weight is 394 g/mol. The van der Waals surface area contributed by atoms with E-state index < -0.39 is 0 Å². The van der Waals surface area contributed by atoms with Crippen molar-refractivity contribution in [1.29, 1.82) is 0 Å². The largest absolute Gasteiger partial charge is 0.366 e. The van der Waals surface area contributed by atoms with Crippen molar-refractivity contribution in [2.24, 2.45) is 5.73 Å². The molecule has 1 aliphatic rings. The number of carbonyl (C=O) groups excluding carboxylic acids is 1. The number of nitrogens with one attached hydrogen (secondary N) is 1. The van der Waals surface area contributed by atoms with Crippen LogP contribution in [0.3, 0.4) is 0 Å². The van der Waals surface area contributed by atoms with Crippen molar-refractivity contribution in [1.82, 2.24) is 9.88 Å². The van der Waals surface area contributed by atoms with E-state index in [9.17, 15) is 4.79 Å². The fourth-order valence-electron chi connectivity index (χ4n) is 4.04. The molecule has 0 saturated carbocycles. The molecule has 1 saturated heterocycles. The van der Waals surface area contributed by atoms with Crippen molar-refractivity contribution in [2.45, 2.75) is 24.5 Å². The van der Waals surface area contributed by atoms with Crippen LogP contribution < -0.4 is 5.73 Å². The van der Waals surface area contributed by atoms with Gasteiger partial charge in [-0.3, -0.25) is 4.79 Å². The smallest absolute Gasteiger partial charge is 0.248 e. The Labute approximate surface area is 170 Å². The van der Waals surface area contributed by atoms with Gasteiger partial charge in [0.25, 0.3) is 0 Å². The maximum atomic E-state index is 11.4. The van der Waals surface area contributed by atoms with Gasteiger partial charge in [0.1, 0.15) is 0 Å². The number of carbonyl (C=O) groups is 1. The molecule has 4 rings (SSSR count). The minimum Gasteiger partial charge on any atom is -0.366 e. The molecule has 4 nitrogen and oxygen atoms in total. The molecule has 0 atom stereocenters. The summed E-state index contributed by atoms with van der Waals surface area (Å²) in [5.74, 6) is 2.41. The molecule has 28 heavy (non-hydrogen) atoms. The number of hydrogen-bond acceptors (Lipinski definition) is 3. The van der Waals surface area contributed by atoms with Crippen molar-refractivity contribution in [3.8, 4) is 0 Å². The molecule has 1 aromatic heterocycles. The van der Waals surface area contributed by atoms with Crippen molar-refractivity contribution >= 4 is 28.6 Å². The number of amides is 1. The molecule has 2 aromatic carbocycles. The van der Waals surface area contributed by atoms with Gasteiger partial charge in [0.2, 0.25) is 5.91 Å². The first-order valence-electron chi connectivity index (χ1n) is 9.95. The second-order valence-electron chi connectivity index (χ2n) is 7.52. The highest BCUT2D eigenvalue weighted by atomic mass is 32.2. The molecule has 0 bridgehead atoms. The number of piperidine rings is 1. The Kier molecular flexibility index (Phi) is 6.03. The molecular formula is C23H27N3OS. The molecule has 2 heterocycles. The number of nitrogens with two attached hydrogens (primary N) is 1. The van der Waals surface area contributed by atoms with E-state index in [1.165, 1.54) is 37.1 Å². The molecule has 0 aliphatic carbocycles. The van der Waals surface area contributed by atoms with Gasteiger partial charge >= 0.3 is 0 Å². The van der Waals surface area contributed by atoms with Crippen LogP contribution in [0.15, 0.2) is 54.7 Å². The van der Waals surface area contributed by atoms with Crippen LogP contribution >= 0.6 is 11.8 Å². The number of primary amides is 1. The van der Waals surface area contributed by atoms with Crippen molar-refractivity contribution in [3.05, 3.63) is 71.4 Å². The number of thioether (sulfide) groups is 1. The lowest BCUT2D eigenvalue weighted by atomic mass is 9.89. The highest BCUT2D eigenvalue weighted by Crippen LogP contribution is 2.28. The van der Waals surface area contributed by atoms with Crippen LogP contribution in [-0.4, -0.2) is 41.2 Å². The van der Waals surface area contributed by atoms with Gasteiger partial charge in [-0.05, 0) is 61.2 Å². The second kappa shape index (κ2) is 8.84. The average Bonchev–Trinajstić information content (AvgIpc) is 3.14. The summed E-state index contributed by atoms with van der Waals surface area (Å²) in [5.41, 5.74) is 9.78. The number of H-pyrrole nitrogens is 1. The summed E-state index contributed by atoms with van der Waals surface area (Å²) in [6, 6.07) is 16.5. The van der Waals surface area contributed by atoms with Gasteiger partial charge in [0.05, 0.1) is 0 Å². The maximum absolute atomic E-state index is 11.4. The lowest BCUT2D eigenvalue weighted by molar-refractivity contribution is 0.100. The minimum atomic E-state index is -0.374. The molecule has 1 fully saturated rings. The van der Waals surface area contributed by atoms with Crippen LogP contribution in [0.1, 0.15) is 40.2 Å². The van der Waals surface area contributed by atoms with Gasteiger partial charge < -0.3 is 15.6 Å². The molecule has 5 heteroatoms. The van der Waals surface area contributed by atoms with Crippen LogP contribution in [-0.2, 0) is 5.75 Å². The monoisotopic (exact) mass is 393 g/mol. The van der Waals surface area contributed by atoms with E-state index in [0.29, 0.717) is 5.56 Å². The van der Waals surface area contributed by atoms with Crippen LogP contribution in [0.4, 0.5) is 0 Å². The fourth-order valence-corrected chi connectivity index (χ4v) is 5.03. The van der Waals surface area contributed by atoms with Crippen molar-refractivity contribution in [3.63, 3.8) is 0 Å². The third-order valence-corrected chi connectivity index (χ3v) is 6.71. The number of benzene rings is 2. The fraction of sp³-hybridized carbons (Fsp3) is 0.348. The number of aromatic amines is 1. The minimum absolute atomic E-state index is 0.374. The molecule has 0 spiro atoms. The van der Waals surface area contributed by atoms with E-state index in [2.05, 4.69) is 40.2 Å². The third kappa shape index (κ3) is 4.42. The van der Waals surface area contributed by atoms with Gasteiger partial charge in [-0.15, -0.1) is 0 Å². The number of nitrogens with zero attached hydrogens (tertiary/aromatic N) is 1. The molecule has 3 N–H and O–H groups in total. The lowest BCUT2D eigenvalue weighted by Gasteiger charge is -2.32. The first kappa shape index (κ1) is 19.1. The summed E-state index contributed by atoms with van der Waals surface area (Å²) >= 11 is 1.95. The van der Waals surface area contributed by atoms with E-state index in [0.717, 1.165) is 34.9 Å². The Morgan fingerprint density at radius 2 is 1.93 bits per heavy atom. The maximum Gasteiger partial charge on any atom is 0.248 e. The van der Waals surface area contributed by atoms with Gasteiger partial charge in [0.15, 0.2) is 0 Å². The summed E-state index contributed by atoms with van der Waals surface area (Å²) < 4.78 is 0. The summed E-state index contributed by atoms with van der Waals surface area (Å²) in [4.78, 5) is 17.3. The Balaban J connectivity index is 1.24. The quantitative estimate of drug-likeness (QED) is 0.586. The second-order valence-corrected chi connectivity index (χ2v) is 8.62.